The van der Waals surface area contributed by atoms with Gasteiger partial charge in [-0.25, -0.2) is 0 Å². The third kappa shape index (κ3) is 3.51. The number of furan rings is 1. The molecule has 1 fully saturated rings. The fraction of sp³-hybridized carbons (Fsp3) is 0.312. The molecule has 2 aromatic rings. The number of nitrogens with zero attached hydrogens (tertiary/aromatic N) is 2. The van der Waals surface area contributed by atoms with E-state index in [1.54, 1.807) is 12.1 Å². The molecule has 5 nitrogen and oxygen atoms in total. The highest BCUT2D eigenvalue weighted by atomic mass is 79.9. The second kappa shape index (κ2) is 6.54. The van der Waals surface area contributed by atoms with Crippen molar-refractivity contribution in [1.82, 2.24) is 4.90 Å². The number of hydrogen-bond acceptors (Lipinski definition) is 4. The minimum absolute atomic E-state index is 0.388. The largest absolute Gasteiger partial charge is 0.453 e. The molecular formula is C16H18BrN3O2. The molecule has 0 aliphatic carbocycles. The van der Waals surface area contributed by atoms with Crippen LogP contribution in [0.15, 0.2) is 45.5 Å². The van der Waals surface area contributed by atoms with E-state index < -0.39 is 0 Å². The summed E-state index contributed by atoms with van der Waals surface area (Å²) in [6.45, 7) is 4.71. The van der Waals surface area contributed by atoms with Crippen molar-refractivity contribution >= 4 is 27.5 Å². The number of rotatable bonds is 4. The van der Waals surface area contributed by atoms with Gasteiger partial charge < -0.3 is 15.1 Å². The van der Waals surface area contributed by atoms with Crippen LogP contribution >= 0.6 is 15.9 Å². The number of hydrogen-bond donors (Lipinski definition) is 1. The smallest absolute Gasteiger partial charge is 0.248 e. The molecule has 1 saturated heterocycles. The van der Waals surface area contributed by atoms with Crippen LogP contribution in [-0.2, 0) is 6.54 Å². The highest BCUT2D eigenvalue weighted by Gasteiger charge is 2.18. The Balaban J connectivity index is 1.56. The molecule has 2 heterocycles. The highest BCUT2D eigenvalue weighted by Crippen LogP contribution is 2.20. The normalized spacial score (nSPS) is 16.0. The summed E-state index contributed by atoms with van der Waals surface area (Å²) in [5.41, 5.74) is 6.94. The summed E-state index contributed by atoms with van der Waals surface area (Å²) in [6.07, 6.45) is 0. The van der Waals surface area contributed by atoms with Gasteiger partial charge in [-0.15, -0.1) is 0 Å². The van der Waals surface area contributed by atoms with Crippen molar-refractivity contribution in [3.63, 3.8) is 0 Å². The Kier molecular flexibility index (Phi) is 4.49. The molecule has 6 heteroatoms. The Bertz CT molecular complexity index is 646. The van der Waals surface area contributed by atoms with E-state index >= 15 is 0 Å². The molecule has 3 rings (SSSR count). The molecule has 1 aromatic carbocycles. The Morgan fingerprint density at radius 1 is 1.09 bits per heavy atom. The Morgan fingerprint density at radius 2 is 1.77 bits per heavy atom. The van der Waals surface area contributed by atoms with Gasteiger partial charge in [0.1, 0.15) is 5.76 Å². The third-order valence-electron chi connectivity index (χ3n) is 3.90. The number of piperazine rings is 1. The van der Waals surface area contributed by atoms with Crippen LogP contribution in [0.3, 0.4) is 0 Å². The predicted molar refractivity (Wildman–Crippen MR) is 88.9 cm³/mol. The Morgan fingerprint density at radius 3 is 2.32 bits per heavy atom. The van der Waals surface area contributed by atoms with Crippen molar-refractivity contribution in [3.05, 3.63) is 52.4 Å². The molecule has 0 saturated carbocycles. The van der Waals surface area contributed by atoms with Crippen LogP contribution in [0.4, 0.5) is 5.69 Å². The van der Waals surface area contributed by atoms with E-state index in [0.717, 1.165) is 48.8 Å². The van der Waals surface area contributed by atoms with Gasteiger partial charge in [-0.3, -0.25) is 9.69 Å². The van der Waals surface area contributed by atoms with Gasteiger partial charge in [-0.2, -0.15) is 0 Å². The van der Waals surface area contributed by atoms with Crippen molar-refractivity contribution in [1.29, 1.82) is 0 Å². The van der Waals surface area contributed by atoms with Crippen LogP contribution in [-0.4, -0.2) is 37.0 Å². The Labute approximate surface area is 137 Å². The van der Waals surface area contributed by atoms with Gasteiger partial charge in [0.2, 0.25) is 5.91 Å². The maximum atomic E-state index is 11.1. The lowest BCUT2D eigenvalue weighted by Gasteiger charge is -2.35. The molecule has 0 spiro atoms. The van der Waals surface area contributed by atoms with Crippen LogP contribution in [0.1, 0.15) is 16.1 Å². The fourth-order valence-corrected chi connectivity index (χ4v) is 3.00. The minimum atomic E-state index is -0.388. The maximum Gasteiger partial charge on any atom is 0.248 e. The van der Waals surface area contributed by atoms with E-state index in [-0.39, 0.29) is 5.91 Å². The zero-order chi connectivity index (χ0) is 15.5. The number of anilines is 1. The first kappa shape index (κ1) is 15.1. The van der Waals surface area contributed by atoms with Gasteiger partial charge >= 0.3 is 0 Å². The number of halogens is 1. The molecule has 0 radical (unpaired) electrons. The monoisotopic (exact) mass is 363 g/mol. The van der Waals surface area contributed by atoms with Gasteiger partial charge in [0.15, 0.2) is 4.67 Å². The topological polar surface area (TPSA) is 62.7 Å². The second-order valence-corrected chi connectivity index (χ2v) is 6.16. The van der Waals surface area contributed by atoms with Gasteiger partial charge in [0, 0.05) is 37.4 Å². The average Bonchev–Trinajstić information content (AvgIpc) is 2.93. The molecule has 0 unspecified atom stereocenters. The van der Waals surface area contributed by atoms with Crippen LogP contribution in [0.5, 0.6) is 0 Å². The summed E-state index contributed by atoms with van der Waals surface area (Å²) < 4.78 is 6.32. The summed E-state index contributed by atoms with van der Waals surface area (Å²) in [4.78, 5) is 15.8. The summed E-state index contributed by atoms with van der Waals surface area (Å²) in [6, 6.07) is 11.4. The van der Waals surface area contributed by atoms with E-state index in [2.05, 4.69) is 25.7 Å². The summed E-state index contributed by atoms with van der Waals surface area (Å²) >= 11 is 3.33. The number of primary amides is 1. The number of benzene rings is 1. The Hall–Kier alpha value is -1.79. The van der Waals surface area contributed by atoms with E-state index in [1.165, 1.54) is 0 Å². The summed E-state index contributed by atoms with van der Waals surface area (Å²) in [7, 11) is 0. The molecule has 1 aromatic heterocycles. The van der Waals surface area contributed by atoms with E-state index in [4.69, 9.17) is 10.2 Å². The quantitative estimate of drug-likeness (QED) is 0.906. The first-order valence-electron chi connectivity index (χ1n) is 7.23. The van der Waals surface area contributed by atoms with Crippen molar-refractivity contribution in [2.75, 3.05) is 31.1 Å². The predicted octanol–water partition coefficient (Wildman–Crippen LogP) is 2.46. The number of nitrogens with two attached hydrogens (primary N) is 1. The third-order valence-corrected chi connectivity index (χ3v) is 4.32. The molecule has 0 atom stereocenters. The standard InChI is InChI=1S/C16H18BrN3O2/c17-15-6-5-14(22-15)11-19-7-9-20(10-8-19)13-3-1-12(2-4-13)16(18)21/h1-6H,7-11H2,(H2,18,21). The molecule has 1 aliphatic heterocycles. The zero-order valence-corrected chi connectivity index (χ0v) is 13.8. The molecular weight excluding hydrogens is 346 g/mol. The molecule has 22 heavy (non-hydrogen) atoms. The lowest BCUT2D eigenvalue weighted by Crippen LogP contribution is -2.45. The van der Waals surface area contributed by atoms with Crippen molar-refractivity contribution in [2.45, 2.75) is 6.54 Å². The van der Waals surface area contributed by atoms with Gasteiger partial charge in [0.05, 0.1) is 6.54 Å². The zero-order valence-electron chi connectivity index (χ0n) is 12.2. The summed E-state index contributed by atoms with van der Waals surface area (Å²) in [5.74, 6) is 0.590. The van der Waals surface area contributed by atoms with Crippen LogP contribution in [0.2, 0.25) is 0 Å². The number of carbonyl (C=O) groups excluding carboxylic acids is 1. The SMILES string of the molecule is NC(=O)c1ccc(N2CCN(Cc3ccc(Br)o3)CC2)cc1. The maximum absolute atomic E-state index is 11.1. The van der Waals surface area contributed by atoms with Gasteiger partial charge in [-0.05, 0) is 52.3 Å². The lowest BCUT2D eigenvalue weighted by molar-refractivity contribution is 0.100. The minimum Gasteiger partial charge on any atom is -0.453 e. The van der Waals surface area contributed by atoms with Crippen LogP contribution in [0, 0.1) is 0 Å². The van der Waals surface area contributed by atoms with Crippen LogP contribution < -0.4 is 10.6 Å². The molecule has 1 amide bonds. The van der Waals surface area contributed by atoms with Crippen LogP contribution in [0.25, 0.3) is 0 Å². The summed E-state index contributed by atoms with van der Waals surface area (Å²) in [5, 5.41) is 0. The van der Waals surface area contributed by atoms with Crippen molar-refractivity contribution in [3.8, 4) is 0 Å². The van der Waals surface area contributed by atoms with E-state index in [0.29, 0.717) is 5.56 Å². The molecule has 1 aliphatic rings. The second-order valence-electron chi connectivity index (χ2n) is 5.38. The van der Waals surface area contributed by atoms with E-state index in [1.807, 2.05) is 24.3 Å². The van der Waals surface area contributed by atoms with E-state index in [9.17, 15) is 4.79 Å². The average molecular weight is 364 g/mol. The fourth-order valence-electron chi connectivity index (χ4n) is 2.66. The molecule has 2 N–H and O–H groups in total. The van der Waals surface area contributed by atoms with Gasteiger partial charge in [-0.1, -0.05) is 0 Å². The number of carbonyl (C=O) groups is 1. The first-order valence-corrected chi connectivity index (χ1v) is 8.02. The van der Waals surface area contributed by atoms with Crippen molar-refractivity contribution < 1.29 is 9.21 Å². The lowest BCUT2D eigenvalue weighted by atomic mass is 10.1. The molecule has 116 valence electrons. The first-order chi connectivity index (χ1) is 10.6. The number of amides is 1. The molecule has 0 bridgehead atoms. The van der Waals surface area contributed by atoms with Crippen molar-refractivity contribution in [2.24, 2.45) is 5.73 Å². The van der Waals surface area contributed by atoms with Gasteiger partial charge in [0.25, 0.3) is 0 Å². The highest BCUT2D eigenvalue weighted by molar-refractivity contribution is 9.10.